The minimum Gasteiger partial charge on any atom is -0.487 e. The van der Waals surface area contributed by atoms with Gasteiger partial charge in [-0.2, -0.15) is 0 Å². The molecule has 0 bridgehead atoms. The number of aromatic nitrogens is 3. The molecule has 0 atom stereocenters. The zero-order valence-electron chi connectivity index (χ0n) is 14.4. The van der Waals surface area contributed by atoms with Crippen molar-refractivity contribution in [3.05, 3.63) is 59.3 Å². The number of nitrogens with zero attached hydrogens (tertiary/aromatic N) is 3. The highest BCUT2D eigenvalue weighted by molar-refractivity contribution is 14.1. The molecule has 0 saturated carbocycles. The SMILES string of the molecule is O=C(O)c1cnccc1Nc1nc(-c2cc(CI)ccc2F)nc2c1OCC2. The summed E-state index contributed by atoms with van der Waals surface area (Å²) in [5.74, 6) is -0.577. The van der Waals surface area contributed by atoms with E-state index in [9.17, 15) is 14.3 Å². The monoisotopic (exact) mass is 492 g/mol. The first-order valence-corrected chi connectivity index (χ1v) is 9.92. The molecule has 28 heavy (non-hydrogen) atoms. The smallest absolute Gasteiger partial charge is 0.339 e. The molecule has 3 heterocycles. The summed E-state index contributed by atoms with van der Waals surface area (Å²) < 4.78 is 20.8. The number of rotatable bonds is 5. The number of pyridine rings is 1. The summed E-state index contributed by atoms with van der Waals surface area (Å²) in [6.45, 7) is 0.431. The lowest BCUT2D eigenvalue weighted by Gasteiger charge is -2.13. The summed E-state index contributed by atoms with van der Waals surface area (Å²) in [5.41, 5.74) is 2.20. The van der Waals surface area contributed by atoms with Crippen molar-refractivity contribution in [3.8, 4) is 17.1 Å². The number of alkyl halides is 1. The number of anilines is 2. The van der Waals surface area contributed by atoms with Gasteiger partial charge in [0.05, 0.1) is 23.6 Å². The Morgan fingerprint density at radius 2 is 2.18 bits per heavy atom. The molecule has 0 unspecified atom stereocenters. The lowest BCUT2D eigenvalue weighted by molar-refractivity contribution is 0.0697. The summed E-state index contributed by atoms with van der Waals surface area (Å²) in [6.07, 6.45) is 3.29. The van der Waals surface area contributed by atoms with E-state index >= 15 is 0 Å². The molecule has 7 nitrogen and oxygen atoms in total. The van der Waals surface area contributed by atoms with E-state index in [2.05, 4.69) is 42.9 Å². The summed E-state index contributed by atoms with van der Waals surface area (Å²) in [6, 6.07) is 6.37. The summed E-state index contributed by atoms with van der Waals surface area (Å²) in [5, 5.41) is 12.4. The predicted octanol–water partition coefficient (Wildman–Crippen LogP) is 3.99. The van der Waals surface area contributed by atoms with Crippen molar-refractivity contribution in [3.63, 3.8) is 0 Å². The number of fused-ring (bicyclic) bond motifs is 1. The van der Waals surface area contributed by atoms with Gasteiger partial charge in [0.25, 0.3) is 0 Å². The van der Waals surface area contributed by atoms with E-state index in [0.29, 0.717) is 41.5 Å². The van der Waals surface area contributed by atoms with Gasteiger partial charge in [0, 0.05) is 23.2 Å². The fourth-order valence-corrected chi connectivity index (χ4v) is 3.38. The van der Waals surface area contributed by atoms with Gasteiger partial charge in [-0.25, -0.2) is 19.2 Å². The number of benzene rings is 1. The van der Waals surface area contributed by atoms with Crippen LogP contribution in [0, 0.1) is 5.82 Å². The molecule has 2 aromatic heterocycles. The van der Waals surface area contributed by atoms with Gasteiger partial charge in [-0.05, 0) is 23.8 Å². The third-order valence-corrected chi connectivity index (χ3v) is 5.13. The Morgan fingerprint density at radius 1 is 1.32 bits per heavy atom. The molecule has 0 aliphatic carbocycles. The summed E-state index contributed by atoms with van der Waals surface area (Å²) >= 11 is 2.20. The lowest BCUT2D eigenvalue weighted by Crippen LogP contribution is -2.06. The number of carboxylic acids is 1. The van der Waals surface area contributed by atoms with Crippen LogP contribution in [0.25, 0.3) is 11.4 Å². The van der Waals surface area contributed by atoms with E-state index < -0.39 is 11.8 Å². The maximum atomic E-state index is 14.5. The Balaban J connectivity index is 1.82. The fourth-order valence-electron chi connectivity index (χ4n) is 2.90. The van der Waals surface area contributed by atoms with Gasteiger partial charge in [0.2, 0.25) is 0 Å². The van der Waals surface area contributed by atoms with E-state index in [-0.39, 0.29) is 11.4 Å². The Labute approximate surface area is 173 Å². The second kappa shape index (κ2) is 7.66. The van der Waals surface area contributed by atoms with E-state index in [4.69, 9.17) is 4.74 Å². The van der Waals surface area contributed by atoms with E-state index in [1.54, 1.807) is 12.1 Å². The second-order valence-corrected chi connectivity index (χ2v) is 6.83. The minimum absolute atomic E-state index is 0.00695. The van der Waals surface area contributed by atoms with Gasteiger partial charge in [-0.3, -0.25) is 4.98 Å². The number of nitrogens with one attached hydrogen (secondary N) is 1. The zero-order chi connectivity index (χ0) is 19.7. The van der Waals surface area contributed by atoms with Crippen molar-refractivity contribution >= 4 is 40.1 Å². The van der Waals surface area contributed by atoms with Crippen LogP contribution in [0.1, 0.15) is 21.6 Å². The number of ether oxygens (including phenoxy) is 1. The molecular formula is C19H14FIN4O3. The number of carboxylic acid groups (broad SMARTS) is 1. The molecule has 3 aromatic rings. The molecule has 1 aromatic carbocycles. The highest BCUT2D eigenvalue weighted by Gasteiger charge is 2.24. The first-order chi connectivity index (χ1) is 13.6. The Morgan fingerprint density at radius 3 is 2.96 bits per heavy atom. The topological polar surface area (TPSA) is 97.2 Å². The van der Waals surface area contributed by atoms with Crippen molar-refractivity contribution in [1.29, 1.82) is 0 Å². The van der Waals surface area contributed by atoms with Crippen molar-refractivity contribution in [2.45, 2.75) is 10.8 Å². The largest absolute Gasteiger partial charge is 0.487 e. The average molecular weight is 492 g/mol. The second-order valence-electron chi connectivity index (χ2n) is 6.07. The van der Waals surface area contributed by atoms with Crippen LogP contribution in [0.3, 0.4) is 0 Å². The van der Waals surface area contributed by atoms with Crippen LogP contribution in [0.5, 0.6) is 5.75 Å². The number of carbonyl (C=O) groups is 1. The number of aromatic carboxylic acids is 1. The Kier molecular flexibility index (Phi) is 5.07. The van der Waals surface area contributed by atoms with E-state index in [1.165, 1.54) is 24.5 Å². The molecule has 0 fully saturated rings. The van der Waals surface area contributed by atoms with Gasteiger partial charge in [-0.15, -0.1) is 0 Å². The predicted molar refractivity (Wildman–Crippen MR) is 109 cm³/mol. The summed E-state index contributed by atoms with van der Waals surface area (Å²) in [7, 11) is 0. The number of halogens is 2. The van der Waals surface area contributed by atoms with Crippen LogP contribution in [0.2, 0.25) is 0 Å². The molecule has 0 radical (unpaired) electrons. The van der Waals surface area contributed by atoms with Gasteiger partial charge >= 0.3 is 5.97 Å². The van der Waals surface area contributed by atoms with Crippen molar-refractivity contribution in [2.75, 3.05) is 11.9 Å². The lowest BCUT2D eigenvalue weighted by atomic mass is 10.1. The van der Waals surface area contributed by atoms with E-state index in [0.717, 1.165) is 9.99 Å². The van der Waals surface area contributed by atoms with Crippen molar-refractivity contribution in [2.24, 2.45) is 0 Å². The van der Waals surface area contributed by atoms with Crippen LogP contribution in [0.15, 0.2) is 36.7 Å². The van der Waals surface area contributed by atoms with Crippen LogP contribution in [-0.4, -0.2) is 32.6 Å². The summed E-state index contributed by atoms with van der Waals surface area (Å²) in [4.78, 5) is 24.2. The third-order valence-electron chi connectivity index (χ3n) is 4.25. The molecular weight excluding hydrogens is 478 g/mol. The van der Waals surface area contributed by atoms with Gasteiger partial charge in [0.1, 0.15) is 11.4 Å². The normalized spacial score (nSPS) is 12.4. The van der Waals surface area contributed by atoms with Crippen LogP contribution >= 0.6 is 22.6 Å². The van der Waals surface area contributed by atoms with Gasteiger partial charge in [-0.1, -0.05) is 28.7 Å². The first-order valence-electron chi connectivity index (χ1n) is 8.39. The maximum absolute atomic E-state index is 14.5. The molecule has 0 spiro atoms. The molecule has 142 valence electrons. The Bertz CT molecular complexity index is 1080. The minimum atomic E-state index is -1.12. The van der Waals surface area contributed by atoms with Crippen molar-refractivity contribution < 1.29 is 19.0 Å². The fraction of sp³-hybridized carbons (Fsp3) is 0.158. The zero-order valence-corrected chi connectivity index (χ0v) is 16.6. The standard InChI is InChI=1S/C19H14FIN4O3/c20-13-2-1-10(8-21)7-11(13)17-24-15-4-6-28-16(15)18(25-17)23-14-3-5-22-9-12(14)19(26)27/h1-3,5,7,9H,4,6,8H2,(H,26,27)(H,22,23,24,25). The molecule has 1 aliphatic heterocycles. The van der Waals surface area contributed by atoms with Crippen LogP contribution in [0.4, 0.5) is 15.9 Å². The molecule has 0 saturated heterocycles. The maximum Gasteiger partial charge on any atom is 0.339 e. The van der Waals surface area contributed by atoms with Crippen LogP contribution in [-0.2, 0) is 10.8 Å². The van der Waals surface area contributed by atoms with Gasteiger partial charge in [0.15, 0.2) is 17.4 Å². The number of hydrogen-bond acceptors (Lipinski definition) is 6. The average Bonchev–Trinajstić information content (AvgIpc) is 3.17. The molecule has 9 heteroatoms. The highest BCUT2D eigenvalue weighted by atomic mass is 127. The molecule has 0 amide bonds. The highest BCUT2D eigenvalue weighted by Crippen LogP contribution is 2.36. The molecule has 1 aliphatic rings. The van der Waals surface area contributed by atoms with Gasteiger partial charge < -0.3 is 15.2 Å². The molecule has 4 rings (SSSR count). The van der Waals surface area contributed by atoms with E-state index in [1.807, 2.05) is 0 Å². The van der Waals surface area contributed by atoms with Crippen molar-refractivity contribution in [1.82, 2.24) is 15.0 Å². The Hall–Kier alpha value is -2.82. The van der Waals surface area contributed by atoms with Crippen LogP contribution < -0.4 is 10.1 Å². The first kappa shape index (κ1) is 18.5. The molecule has 2 N–H and O–H groups in total. The third kappa shape index (κ3) is 3.49. The quantitative estimate of drug-likeness (QED) is 0.411. The number of hydrogen-bond donors (Lipinski definition) is 2.